The zero-order valence-corrected chi connectivity index (χ0v) is 11.8. The molecular formula is C13H14N6S. The van der Waals surface area contributed by atoms with Gasteiger partial charge in [0.2, 0.25) is 5.95 Å². The van der Waals surface area contributed by atoms with Crippen molar-refractivity contribution in [1.82, 2.24) is 25.2 Å². The highest BCUT2D eigenvalue weighted by atomic mass is 32.1. The van der Waals surface area contributed by atoms with E-state index in [1.54, 1.807) is 16.0 Å². The van der Waals surface area contributed by atoms with Crippen molar-refractivity contribution >= 4 is 17.3 Å². The van der Waals surface area contributed by atoms with Crippen LogP contribution in [0.15, 0.2) is 41.9 Å². The predicted molar refractivity (Wildman–Crippen MR) is 77.9 cm³/mol. The molecule has 0 aliphatic heterocycles. The molecule has 0 bridgehead atoms. The summed E-state index contributed by atoms with van der Waals surface area (Å²) < 4.78 is 1.69. The smallest absolute Gasteiger partial charge is 0.248 e. The standard InChI is InChI=1S/C13H14N6S/c1-2-11(12-14-8-9-20-12)15-13-16-17-18-19(13)10-6-4-3-5-7-10/h3-9,11H,2H2,1H3,(H,15,16,18). The molecule has 1 unspecified atom stereocenters. The minimum atomic E-state index is 0.114. The van der Waals surface area contributed by atoms with Gasteiger partial charge in [-0.1, -0.05) is 30.2 Å². The lowest BCUT2D eigenvalue weighted by atomic mass is 10.2. The molecule has 0 radical (unpaired) electrons. The Kier molecular flexibility index (Phi) is 3.69. The fourth-order valence-corrected chi connectivity index (χ4v) is 2.69. The minimum Gasteiger partial charge on any atom is -0.344 e. The number of hydrogen-bond acceptors (Lipinski definition) is 6. The van der Waals surface area contributed by atoms with Gasteiger partial charge in [-0.05, 0) is 29.0 Å². The van der Waals surface area contributed by atoms with Gasteiger partial charge in [-0.3, -0.25) is 0 Å². The van der Waals surface area contributed by atoms with Gasteiger partial charge in [0, 0.05) is 11.6 Å². The fourth-order valence-electron chi connectivity index (χ4n) is 1.92. The van der Waals surface area contributed by atoms with Crippen molar-refractivity contribution in [2.75, 3.05) is 5.32 Å². The Hall–Kier alpha value is -2.28. The number of hydrogen-bond donors (Lipinski definition) is 1. The maximum Gasteiger partial charge on any atom is 0.248 e. The molecule has 1 atom stereocenters. The van der Waals surface area contributed by atoms with E-state index >= 15 is 0 Å². The van der Waals surface area contributed by atoms with Crippen LogP contribution in [-0.4, -0.2) is 25.2 Å². The zero-order chi connectivity index (χ0) is 13.8. The first-order valence-corrected chi connectivity index (χ1v) is 7.26. The van der Waals surface area contributed by atoms with Crippen LogP contribution in [0.2, 0.25) is 0 Å². The number of rotatable bonds is 5. The number of nitrogens with one attached hydrogen (secondary N) is 1. The summed E-state index contributed by atoms with van der Waals surface area (Å²) >= 11 is 1.63. The number of benzene rings is 1. The fraction of sp³-hybridized carbons (Fsp3) is 0.231. The summed E-state index contributed by atoms with van der Waals surface area (Å²) in [7, 11) is 0. The average Bonchev–Trinajstić information content (AvgIpc) is 3.17. The second kappa shape index (κ2) is 5.79. The topological polar surface area (TPSA) is 68.5 Å². The second-order valence-electron chi connectivity index (χ2n) is 4.23. The van der Waals surface area contributed by atoms with Crippen LogP contribution < -0.4 is 5.32 Å². The number of tetrazole rings is 1. The van der Waals surface area contributed by atoms with Crippen LogP contribution in [0.25, 0.3) is 5.69 Å². The summed E-state index contributed by atoms with van der Waals surface area (Å²) in [5.41, 5.74) is 0.925. The Bertz CT molecular complexity index is 649. The molecule has 0 aliphatic rings. The summed E-state index contributed by atoms with van der Waals surface area (Å²) in [5, 5.41) is 18.2. The zero-order valence-electron chi connectivity index (χ0n) is 11.0. The van der Waals surface area contributed by atoms with E-state index in [4.69, 9.17) is 0 Å². The monoisotopic (exact) mass is 286 g/mol. The SMILES string of the molecule is CCC(Nc1nnnn1-c1ccccc1)c1nccs1. The van der Waals surface area contributed by atoms with E-state index in [2.05, 4.69) is 32.7 Å². The van der Waals surface area contributed by atoms with E-state index < -0.39 is 0 Å². The van der Waals surface area contributed by atoms with E-state index in [0.717, 1.165) is 17.1 Å². The molecule has 20 heavy (non-hydrogen) atoms. The molecule has 0 aliphatic carbocycles. The molecule has 0 saturated heterocycles. The normalized spacial score (nSPS) is 12.2. The Morgan fingerprint density at radius 2 is 2.15 bits per heavy atom. The molecule has 1 aromatic carbocycles. The van der Waals surface area contributed by atoms with Crippen molar-refractivity contribution < 1.29 is 0 Å². The number of aromatic nitrogens is 5. The van der Waals surface area contributed by atoms with Crippen molar-refractivity contribution in [2.45, 2.75) is 19.4 Å². The molecule has 3 aromatic rings. The van der Waals surface area contributed by atoms with Crippen molar-refractivity contribution in [2.24, 2.45) is 0 Å². The number of para-hydroxylation sites is 1. The first kappa shape index (κ1) is 12.7. The van der Waals surface area contributed by atoms with Crippen molar-refractivity contribution in [3.63, 3.8) is 0 Å². The Labute approximate surface area is 120 Å². The van der Waals surface area contributed by atoms with Gasteiger partial charge >= 0.3 is 0 Å². The molecule has 0 spiro atoms. The molecule has 0 saturated carbocycles. The second-order valence-corrected chi connectivity index (χ2v) is 5.15. The highest BCUT2D eigenvalue weighted by molar-refractivity contribution is 7.09. The highest BCUT2D eigenvalue weighted by Crippen LogP contribution is 2.23. The lowest BCUT2D eigenvalue weighted by molar-refractivity contribution is 0.720. The van der Waals surface area contributed by atoms with Gasteiger partial charge in [0.15, 0.2) is 0 Å². The van der Waals surface area contributed by atoms with Crippen molar-refractivity contribution in [1.29, 1.82) is 0 Å². The molecule has 7 heteroatoms. The summed E-state index contributed by atoms with van der Waals surface area (Å²) in [5.74, 6) is 0.623. The molecule has 0 fully saturated rings. The molecule has 2 heterocycles. The molecule has 3 rings (SSSR count). The summed E-state index contributed by atoms with van der Waals surface area (Å²) in [6.07, 6.45) is 2.72. The van der Waals surface area contributed by atoms with E-state index in [1.165, 1.54) is 0 Å². The van der Waals surface area contributed by atoms with Crippen molar-refractivity contribution in [3.8, 4) is 5.69 Å². The minimum absolute atomic E-state index is 0.114. The summed E-state index contributed by atoms with van der Waals surface area (Å²) in [6.45, 7) is 2.11. The molecule has 2 aromatic heterocycles. The van der Waals surface area contributed by atoms with Crippen LogP contribution in [0, 0.1) is 0 Å². The third-order valence-corrected chi connectivity index (χ3v) is 3.82. The number of anilines is 1. The van der Waals surface area contributed by atoms with Crippen LogP contribution in [0.3, 0.4) is 0 Å². The van der Waals surface area contributed by atoms with Crippen LogP contribution in [0.1, 0.15) is 24.4 Å². The Balaban J connectivity index is 1.87. The van der Waals surface area contributed by atoms with E-state index in [9.17, 15) is 0 Å². The van der Waals surface area contributed by atoms with E-state index in [0.29, 0.717) is 5.95 Å². The van der Waals surface area contributed by atoms with Crippen LogP contribution >= 0.6 is 11.3 Å². The molecule has 6 nitrogen and oxygen atoms in total. The average molecular weight is 286 g/mol. The van der Waals surface area contributed by atoms with Gasteiger partial charge in [-0.15, -0.1) is 11.3 Å². The molecule has 0 amide bonds. The molecule has 102 valence electrons. The number of thiazole rings is 1. The maximum absolute atomic E-state index is 4.35. The van der Waals surface area contributed by atoms with Crippen LogP contribution in [-0.2, 0) is 0 Å². The van der Waals surface area contributed by atoms with Gasteiger partial charge in [0.05, 0.1) is 11.7 Å². The summed E-state index contributed by atoms with van der Waals surface area (Å²) in [6, 6.07) is 9.92. The van der Waals surface area contributed by atoms with Gasteiger partial charge in [0.1, 0.15) is 5.01 Å². The van der Waals surface area contributed by atoms with Gasteiger partial charge in [-0.25, -0.2) is 4.98 Å². The maximum atomic E-state index is 4.35. The Morgan fingerprint density at radius 3 is 2.85 bits per heavy atom. The van der Waals surface area contributed by atoms with Gasteiger partial charge < -0.3 is 5.32 Å². The lowest BCUT2D eigenvalue weighted by Gasteiger charge is -2.14. The Morgan fingerprint density at radius 1 is 1.30 bits per heavy atom. The van der Waals surface area contributed by atoms with E-state index in [-0.39, 0.29) is 6.04 Å². The third-order valence-electron chi connectivity index (χ3n) is 2.93. The quantitative estimate of drug-likeness (QED) is 0.781. The first-order valence-electron chi connectivity index (χ1n) is 6.38. The molecular weight excluding hydrogens is 272 g/mol. The number of nitrogens with zero attached hydrogens (tertiary/aromatic N) is 5. The van der Waals surface area contributed by atoms with Gasteiger partial charge in [0.25, 0.3) is 0 Å². The van der Waals surface area contributed by atoms with Crippen LogP contribution in [0.5, 0.6) is 0 Å². The third kappa shape index (κ3) is 2.53. The largest absolute Gasteiger partial charge is 0.344 e. The van der Waals surface area contributed by atoms with E-state index in [1.807, 2.05) is 41.9 Å². The summed E-state index contributed by atoms with van der Waals surface area (Å²) in [4.78, 5) is 4.35. The molecule has 1 N–H and O–H groups in total. The van der Waals surface area contributed by atoms with Crippen LogP contribution in [0.4, 0.5) is 5.95 Å². The predicted octanol–water partition coefficient (Wildman–Crippen LogP) is 2.68. The first-order chi connectivity index (χ1) is 9.88. The lowest BCUT2D eigenvalue weighted by Crippen LogP contribution is -2.13. The highest BCUT2D eigenvalue weighted by Gasteiger charge is 2.16. The van der Waals surface area contributed by atoms with Gasteiger partial charge in [-0.2, -0.15) is 4.68 Å². The van der Waals surface area contributed by atoms with Crippen molar-refractivity contribution in [3.05, 3.63) is 46.9 Å².